The molecule has 3 N–H and O–H groups in total. The quantitative estimate of drug-likeness (QED) is 0.601. The van der Waals surface area contributed by atoms with E-state index in [4.69, 9.17) is 5.73 Å². The van der Waals surface area contributed by atoms with E-state index in [1.165, 1.54) is 25.3 Å². The van der Waals surface area contributed by atoms with Gasteiger partial charge in [-0.25, -0.2) is 17.9 Å². The first-order valence-corrected chi connectivity index (χ1v) is 8.00. The van der Waals surface area contributed by atoms with Gasteiger partial charge in [0.2, 0.25) is 10.0 Å². The van der Waals surface area contributed by atoms with Crippen LogP contribution in [-0.4, -0.2) is 52.6 Å². The molecule has 1 heterocycles. The molecule has 21 heavy (non-hydrogen) atoms. The van der Waals surface area contributed by atoms with E-state index in [9.17, 15) is 13.2 Å². The maximum Gasteiger partial charge on any atom is 0.337 e. The minimum Gasteiger partial charge on any atom is -0.465 e. The number of sulfonamides is 1. The van der Waals surface area contributed by atoms with Gasteiger partial charge in [0.25, 0.3) is 0 Å². The number of nitrogen functional groups attached to an aromatic ring is 1. The molecule has 8 heteroatoms. The number of esters is 1. The molecular weight excluding hydrogens is 294 g/mol. The molecule has 2 rings (SSSR count). The first kappa shape index (κ1) is 15.7. The lowest BCUT2D eigenvalue weighted by Crippen LogP contribution is -2.36. The minimum absolute atomic E-state index is 0.0234. The fraction of sp³-hybridized carbons (Fsp3) is 0.462. The molecule has 1 fully saturated rings. The highest BCUT2D eigenvalue weighted by molar-refractivity contribution is 7.89. The number of nitrogens with zero attached hydrogens (tertiary/aromatic N) is 1. The van der Waals surface area contributed by atoms with Gasteiger partial charge in [-0.1, -0.05) is 0 Å². The predicted molar refractivity (Wildman–Crippen MR) is 78.4 cm³/mol. The highest BCUT2D eigenvalue weighted by Gasteiger charge is 2.27. The van der Waals surface area contributed by atoms with Crippen LogP contribution in [0.1, 0.15) is 16.8 Å². The number of carbonyl (C=O) groups excluding carboxylic acids is 1. The fourth-order valence-electron chi connectivity index (χ4n) is 2.35. The normalized spacial score (nSPS) is 19.6. The molecule has 0 bridgehead atoms. The summed E-state index contributed by atoms with van der Waals surface area (Å²) in [5.74, 6) is -0.559. The minimum atomic E-state index is -3.70. The van der Waals surface area contributed by atoms with Gasteiger partial charge in [-0.2, -0.15) is 0 Å². The molecule has 116 valence electrons. The van der Waals surface area contributed by atoms with Gasteiger partial charge in [-0.05, 0) is 38.2 Å². The Hall–Kier alpha value is -1.64. The molecule has 0 radical (unpaired) electrons. The fourth-order valence-corrected chi connectivity index (χ4v) is 3.73. The van der Waals surface area contributed by atoms with Crippen molar-refractivity contribution in [3.8, 4) is 0 Å². The number of methoxy groups -OCH3 is 1. The Morgan fingerprint density at radius 2 is 2.19 bits per heavy atom. The molecule has 7 nitrogen and oxygen atoms in total. The maximum absolute atomic E-state index is 12.3. The average Bonchev–Trinajstić information content (AvgIpc) is 2.81. The summed E-state index contributed by atoms with van der Waals surface area (Å²) in [5, 5.41) is 0. The molecule has 1 aliphatic rings. The molecule has 1 unspecified atom stereocenters. The number of benzene rings is 1. The van der Waals surface area contributed by atoms with Gasteiger partial charge in [0.1, 0.15) is 4.90 Å². The van der Waals surface area contributed by atoms with Crippen molar-refractivity contribution in [3.63, 3.8) is 0 Å². The van der Waals surface area contributed by atoms with E-state index in [0.29, 0.717) is 6.54 Å². The molecule has 1 aliphatic heterocycles. The van der Waals surface area contributed by atoms with E-state index in [1.54, 1.807) is 0 Å². The molecule has 0 aliphatic carbocycles. The summed E-state index contributed by atoms with van der Waals surface area (Å²) < 4.78 is 31.9. The summed E-state index contributed by atoms with van der Waals surface area (Å²) >= 11 is 0. The summed E-state index contributed by atoms with van der Waals surface area (Å²) in [6.07, 6.45) is 0.760. The Labute approximate surface area is 124 Å². The van der Waals surface area contributed by atoms with Crippen LogP contribution in [0.2, 0.25) is 0 Å². The van der Waals surface area contributed by atoms with E-state index in [2.05, 4.69) is 14.4 Å². The largest absolute Gasteiger partial charge is 0.465 e. The van der Waals surface area contributed by atoms with Crippen LogP contribution in [0.15, 0.2) is 23.1 Å². The second-order valence-electron chi connectivity index (χ2n) is 5.11. The van der Waals surface area contributed by atoms with Gasteiger partial charge in [0.05, 0.1) is 18.4 Å². The van der Waals surface area contributed by atoms with Gasteiger partial charge in [-0.3, -0.25) is 0 Å². The number of anilines is 1. The van der Waals surface area contributed by atoms with Crippen LogP contribution >= 0.6 is 0 Å². The first-order chi connectivity index (χ1) is 9.83. The number of nitrogens with two attached hydrogens (primary N) is 1. The zero-order valence-electron chi connectivity index (χ0n) is 12.0. The number of ether oxygens (including phenoxy) is 1. The smallest absolute Gasteiger partial charge is 0.337 e. The third-order valence-electron chi connectivity index (χ3n) is 3.43. The number of likely N-dealkylation sites (tertiary alicyclic amines) is 1. The molecular formula is C13H19N3O4S. The molecule has 0 aromatic heterocycles. The van der Waals surface area contributed by atoms with Crippen LogP contribution < -0.4 is 10.5 Å². The van der Waals surface area contributed by atoms with Gasteiger partial charge < -0.3 is 15.4 Å². The van der Waals surface area contributed by atoms with Crippen LogP contribution in [0.5, 0.6) is 0 Å². The van der Waals surface area contributed by atoms with Crippen molar-refractivity contribution in [2.75, 3.05) is 33.0 Å². The lowest BCUT2D eigenvalue weighted by molar-refractivity contribution is 0.0600. The number of carbonyl (C=O) groups is 1. The summed E-state index contributed by atoms with van der Waals surface area (Å²) in [5.41, 5.74) is 6.01. The van der Waals surface area contributed by atoms with Gasteiger partial charge in [-0.15, -0.1) is 0 Å². The van der Waals surface area contributed by atoms with Crippen LogP contribution in [-0.2, 0) is 14.8 Å². The summed E-state index contributed by atoms with van der Waals surface area (Å²) in [7, 11) is -0.511. The van der Waals surface area contributed by atoms with Gasteiger partial charge in [0, 0.05) is 12.6 Å². The van der Waals surface area contributed by atoms with E-state index in [0.717, 1.165) is 13.0 Å². The molecule has 0 amide bonds. The van der Waals surface area contributed by atoms with Crippen LogP contribution in [0.4, 0.5) is 5.69 Å². The zero-order chi connectivity index (χ0) is 15.6. The number of nitrogens with one attached hydrogen (secondary N) is 1. The van der Waals surface area contributed by atoms with E-state index in [1.807, 2.05) is 7.05 Å². The second-order valence-corrected chi connectivity index (χ2v) is 6.80. The average molecular weight is 313 g/mol. The van der Waals surface area contributed by atoms with Crippen molar-refractivity contribution in [2.24, 2.45) is 0 Å². The SMILES string of the molecule is COC(=O)c1ccc(S(=O)(=O)NC2CCN(C)C2)c(N)c1. The maximum atomic E-state index is 12.3. The number of hydrogen-bond acceptors (Lipinski definition) is 6. The van der Waals surface area contributed by atoms with Gasteiger partial charge >= 0.3 is 5.97 Å². The second kappa shape index (κ2) is 6.00. The van der Waals surface area contributed by atoms with Crippen molar-refractivity contribution in [1.82, 2.24) is 9.62 Å². The topological polar surface area (TPSA) is 102 Å². The Balaban J connectivity index is 2.22. The highest BCUT2D eigenvalue weighted by atomic mass is 32.2. The molecule has 1 saturated heterocycles. The number of hydrogen-bond donors (Lipinski definition) is 2. The van der Waals surface area contributed by atoms with Crippen LogP contribution in [0.25, 0.3) is 0 Å². The molecule has 1 atom stereocenters. The van der Waals surface area contributed by atoms with Crippen molar-refractivity contribution in [2.45, 2.75) is 17.4 Å². The standard InChI is InChI=1S/C13H19N3O4S/c1-16-6-5-10(8-16)15-21(18,19)12-4-3-9(7-11(12)14)13(17)20-2/h3-4,7,10,15H,5-6,8,14H2,1-2H3. The number of rotatable bonds is 4. The molecule has 1 aromatic carbocycles. The molecule has 0 spiro atoms. The lowest BCUT2D eigenvalue weighted by atomic mass is 10.2. The van der Waals surface area contributed by atoms with Crippen LogP contribution in [0.3, 0.4) is 0 Å². The summed E-state index contributed by atoms with van der Waals surface area (Å²) in [4.78, 5) is 13.4. The monoisotopic (exact) mass is 313 g/mol. The van der Waals surface area contributed by atoms with Crippen molar-refractivity contribution >= 4 is 21.7 Å². The summed E-state index contributed by atoms with van der Waals surface area (Å²) in [6.45, 7) is 1.52. The van der Waals surface area contributed by atoms with E-state index >= 15 is 0 Å². The Morgan fingerprint density at radius 1 is 1.48 bits per heavy atom. The summed E-state index contributed by atoms with van der Waals surface area (Å²) in [6, 6.07) is 3.89. The predicted octanol–water partition coefficient (Wildman–Crippen LogP) is 0.0378. The van der Waals surface area contributed by atoms with Crippen molar-refractivity contribution in [3.05, 3.63) is 23.8 Å². The zero-order valence-corrected chi connectivity index (χ0v) is 12.8. The Kier molecular flexibility index (Phi) is 4.50. The van der Waals surface area contributed by atoms with Crippen molar-refractivity contribution < 1.29 is 17.9 Å². The van der Waals surface area contributed by atoms with Crippen LogP contribution in [0, 0.1) is 0 Å². The first-order valence-electron chi connectivity index (χ1n) is 6.52. The molecule has 1 aromatic rings. The highest BCUT2D eigenvalue weighted by Crippen LogP contribution is 2.21. The van der Waals surface area contributed by atoms with Crippen molar-refractivity contribution in [1.29, 1.82) is 0 Å². The number of likely N-dealkylation sites (N-methyl/N-ethyl adjacent to an activating group) is 1. The third kappa shape index (κ3) is 3.52. The Morgan fingerprint density at radius 3 is 2.71 bits per heavy atom. The van der Waals surface area contributed by atoms with Gasteiger partial charge in [0.15, 0.2) is 0 Å². The van der Waals surface area contributed by atoms with E-state index in [-0.39, 0.29) is 22.2 Å². The lowest BCUT2D eigenvalue weighted by Gasteiger charge is -2.15. The third-order valence-corrected chi connectivity index (χ3v) is 5.03. The molecule has 0 saturated carbocycles. The van der Waals surface area contributed by atoms with E-state index < -0.39 is 16.0 Å². The Bertz CT molecular complexity index is 645.